The lowest BCUT2D eigenvalue weighted by molar-refractivity contribution is -0.140. The van der Waals surface area contributed by atoms with Crippen LogP contribution in [0, 0.1) is 34.5 Å². The molecule has 10 nitrogen and oxygen atoms in total. The fraction of sp³-hybridized carbons (Fsp3) is 0.342. The zero-order valence-electron chi connectivity index (χ0n) is 52.8. The lowest BCUT2D eigenvalue weighted by Crippen LogP contribution is -2.34. The van der Waals surface area contributed by atoms with Gasteiger partial charge in [0.2, 0.25) is 0 Å². The number of esters is 2. The molecule has 0 N–H and O–H groups in total. The number of unbranched alkanes of at least 4 members (excludes halogenated alkanes) is 8. The molecule has 0 aliphatic carbocycles. The Morgan fingerprint density at radius 2 is 0.728 bits per heavy atom. The third kappa shape index (κ3) is 16.8. The van der Waals surface area contributed by atoms with Gasteiger partial charge in [-0.25, -0.2) is 9.59 Å². The van der Waals surface area contributed by atoms with Crippen LogP contribution in [0.1, 0.15) is 161 Å². The summed E-state index contributed by atoms with van der Waals surface area (Å²) < 4.78 is 11.0. The van der Waals surface area contributed by atoms with Gasteiger partial charge < -0.3 is 19.3 Å². The van der Waals surface area contributed by atoms with Gasteiger partial charge in [0, 0.05) is 61.9 Å². The molecule has 8 aromatic rings. The van der Waals surface area contributed by atoms with Gasteiger partial charge in [0.05, 0.1) is 32.3 Å². The van der Waals surface area contributed by atoms with Crippen molar-refractivity contribution >= 4 is 115 Å². The molecule has 2 atom stereocenters. The van der Waals surface area contributed by atoms with Crippen LogP contribution in [0.15, 0.2) is 156 Å². The van der Waals surface area contributed by atoms with Gasteiger partial charge >= 0.3 is 11.9 Å². The van der Waals surface area contributed by atoms with Gasteiger partial charge in [0.15, 0.2) is 0 Å². The highest BCUT2D eigenvalue weighted by Crippen LogP contribution is 2.52. The highest BCUT2D eigenvalue weighted by molar-refractivity contribution is 7.27. The quantitative estimate of drug-likeness (QED) is 0.0168. The van der Waals surface area contributed by atoms with E-state index in [1.54, 1.807) is 57.5 Å². The molecule has 2 aromatic carbocycles. The average molecular weight is 1340 g/mol. The number of benzene rings is 2. The molecule has 0 bridgehead atoms. The maximum Gasteiger partial charge on any atom is 0.349 e. The second-order valence-corrected chi connectivity index (χ2v) is 30.1. The van der Waals surface area contributed by atoms with Crippen molar-refractivity contribution in [3.8, 4) is 51.2 Å². The van der Waals surface area contributed by atoms with Crippen LogP contribution in [0.4, 0.5) is 0 Å². The van der Waals surface area contributed by atoms with Gasteiger partial charge in [-0.05, 0) is 134 Å². The number of ether oxygens (including phenoxy) is 2. The van der Waals surface area contributed by atoms with Crippen LogP contribution < -0.4 is 0 Å². The number of amides is 2. The predicted molar refractivity (Wildman–Crippen MR) is 382 cm³/mol. The molecule has 2 amide bonds. The zero-order valence-corrected chi connectivity index (χ0v) is 57.7. The Labute approximate surface area is 566 Å². The summed E-state index contributed by atoms with van der Waals surface area (Å²) >= 11 is 9.59. The van der Waals surface area contributed by atoms with Crippen molar-refractivity contribution in [2.24, 2.45) is 11.8 Å². The molecule has 6 aromatic heterocycles. The fourth-order valence-electron chi connectivity index (χ4n) is 11.8. The van der Waals surface area contributed by atoms with Crippen LogP contribution >= 0.6 is 68.0 Å². The van der Waals surface area contributed by atoms with E-state index in [4.69, 9.17) is 9.47 Å². The Kier molecular flexibility index (Phi) is 24.4. The molecule has 474 valence electrons. The predicted octanol–water partition coefficient (Wildman–Crippen LogP) is 21.4. The van der Waals surface area contributed by atoms with E-state index < -0.39 is 11.9 Å². The standard InChI is InChI=1S/C76H78N4O6S6/c1-5-9-13-17-25-51(23-11-7-3)47-79-71(67-41-39-65(91-67)63-37-35-61(89-63)59-33-31-57(87-59)43-55(45-77)75(83)85-49-53-27-19-15-20-28-53)69-70(73(79)81)72(80(74(69)82)48-52(24-12-8-4)26-18-14-10-6-2)68-42-40-66(92-68)64-38-36-62(90-64)60-34-32-58(88-60)44-56(46-78)76(84)86-50-54-29-21-16-22-30-54/h15-16,19-22,27-44,51-52H,5-14,17-18,23-26,47-50H2,1-4H3/b55-43+,56-44+. The summed E-state index contributed by atoms with van der Waals surface area (Å²) in [6.45, 7) is 10.2. The van der Waals surface area contributed by atoms with Crippen LogP contribution in [0.3, 0.4) is 0 Å². The smallest absolute Gasteiger partial charge is 0.349 e. The monoisotopic (exact) mass is 1330 g/mol. The molecule has 16 heteroatoms. The van der Waals surface area contributed by atoms with Crippen LogP contribution in [-0.2, 0) is 41.9 Å². The molecule has 0 radical (unpaired) electrons. The van der Waals surface area contributed by atoms with Gasteiger partial charge in [0.1, 0.15) is 36.5 Å². The summed E-state index contributed by atoms with van der Waals surface area (Å²) in [4.78, 5) is 73.6. The van der Waals surface area contributed by atoms with E-state index >= 15 is 9.59 Å². The first-order valence-corrected chi connectivity index (χ1v) is 37.3. The number of hydrogen-bond acceptors (Lipinski definition) is 14. The van der Waals surface area contributed by atoms with E-state index in [1.807, 2.05) is 107 Å². The number of rotatable bonds is 34. The normalized spacial score (nSPS) is 14.1. The van der Waals surface area contributed by atoms with Gasteiger partial charge in [-0.15, -0.1) is 68.0 Å². The first kappa shape index (κ1) is 67.4. The van der Waals surface area contributed by atoms with E-state index in [1.165, 1.54) is 35.5 Å². The third-order valence-corrected chi connectivity index (χ3v) is 23.9. The minimum Gasteiger partial charge on any atom is -0.457 e. The molecule has 0 spiro atoms. The van der Waals surface area contributed by atoms with Crippen LogP contribution in [0.2, 0.25) is 0 Å². The van der Waals surface area contributed by atoms with Crippen LogP contribution in [-0.4, -0.2) is 46.6 Å². The van der Waals surface area contributed by atoms with E-state index in [-0.39, 0.29) is 48.0 Å². The maximum atomic E-state index is 16.0. The second-order valence-electron chi connectivity index (χ2n) is 23.5. The summed E-state index contributed by atoms with van der Waals surface area (Å²) in [6.07, 6.45) is 20.7. The molecular formula is C76H78N4O6S6. The Hall–Kier alpha value is -7.54. The summed E-state index contributed by atoms with van der Waals surface area (Å²) in [5.41, 5.74) is 4.05. The number of carbonyl (C=O) groups excluding carboxylic acids is 4. The van der Waals surface area contributed by atoms with Crippen LogP contribution in [0.25, 0.3) is 62.6 Å². The highest BCUT2D eigenvalue weighted by atomic mass is 32.1. The largest absolute Gasteiger partial charge is 0.457 e. The van der Waals surface area contributed by atoms with Gasteiger partial charge in [-0.2, -0.15) is 10.5 Å². The number of carbonyl (C=O) groups is 4. The Bertz CT molecular complexity index is 3800. The molecule has 2 unspecified atom stereocenters. The van der Waals surface area contributed by atoms with Crippen LogP contribution in [0.5, 0.6) is 0 Å². The second kappa shape index (κ2) is 33.3. The summed E-state index contributed by atoms with van der Waals surface area (Å²) in [5, 5.41) is 19.9. The van der Waals surface area contributed by atoms with Crippen molar-refractivity contribution in [2.45, 2.75) is 144 Å². The first-order chi connectivity index (χ1) is 45.0. The molecule has 0 saturated carbocycles. The zero-order chi connectivity index (χ0) is 64.3. The van der Waals surface area contributed by atoms with Gasteiger partial charge in [-0.1, -0.05) is 165 Å². The van der Waals surface area contributed by atoms with Gasteiger partial charge in [-0.3, -0.25) is 9.59 Å². The summed E-state index contributed by atoms with van der Waals surface area (Å²) in [7, 11) is 0. The number of fused-ring (bicyclic) bond motifs is 1. The van der Waals surface area contributed by atoms with Crippen molar-refractivity contribution in [2.75, 3.05) is 13.1 Å². The number of nitrogens with zero attached hydrogens (tertiary/aromatic N) is 4. The molecule has 8 heterocycles. The molecule has 2 aliphatic heterocycles. The van der Waals surface area contributed by atoms with Crippen molar-refractivity contribution in [1.29, 1.82) is 10.5 Å². The first-order valence-electron chi connectivity index (χ1n) is 32.4. The lowest BCUT2D eigenvalue weighted by Gasteiger charge is -2.29. The average Bonchev–Trinajstić information content (AvgIpc) is 1.56. The Balaban J connectivity index is 0.986. The van der Waals surface area contributed by atoms with E-state index in [0.717, 1.165) is 171 Å². The van der Waals surface area contributed by atoms with E-state index in [2.05, 4.69) is 76.2 Å². The SMILES string of the molecule is CCCCCCC(CCCC)CN1C(=O)C2=C(c3ccc(-c4ccc(-c5ccc(/C=C(\C#N)C(=O)OCc6ccccc6)s5)s4)s3)N(CC(CCCC)CCCCCC)C(=O)C2=C1c1ccc(-c2ccc(-c3ccc(/C=C(\C#N)C(=O)OCc4ccccc4)s3)s2)s1. The number of nitriles is 2. The third-order valence-electron chi connectivity index (χ3n) is 16.7. The number of hydrogen-bond donors (Lipinski definition) is 0. The van der Waals surface area contributed by atoms with Gasteiger partial charge in [0.25, 0.3) is 11.8 Å². The van der Waals surface area contributed by atoms with Crippen molar-refractivity contribution in [3.63, 3.8) is 0 Å². The molecule has 0 saturated heterocycles. The van der Waals surface area contributed by atoms with Crippen molar-refractivity contribution < 1.29 is 28.7 Å². The maximum absolute atomic E-state index is 16.0. The van der Waals surface area contributed by atoms with Crippen molar-refractivity contribution in [3.05, 3.63) is 186 Å². The lowest BCUT2D eigenvalue weighted by atomic mass is 9.94. The molecule has 10 rings (SSSR count). The summed E-state index contributed by atoms with van der Waals surface area (Å²) in [6, 6.07) is 47.7. The molecular weight excluding hydrogens is 1260 g/mol. The minimum atomic E-state index is -0.666. The van der Waals surface area contributed by atoms with E-state index in [9.17, 15) is 20.1 Å². The Morgan fingerprint density at radius 3 is 1.08 bits per heavy atom. The fourth-order valence-corrected chi connectivity index (χ4v) is 18.2. The van der Waals surface area contributed by atoms with Crippen molar-refractivity contribution in [1.82, 2.24) is 9.80 Å². The van der Waals surface area contributed by atoms with E-state index in [0.29, 0.717) is 24.2 Å². The Morgan fingerprint density at radius 1 is 0.413 bits per heavy atom. The molecule has 2 aliphatic rings. The molecule has 92 heavy (non-hydrogen) atoms. The highest BCUT2D eigenvalue weighted by Gasteiger charge is 2.50. The summed E-state index contributed by atoms with van der Waals surface area (Å²) in [5.74, 6) is -0.986. The number of thiophene rings is 6. The topological polar surface area (TPSA) is 141 Å². The minimum absolute atomic E-state index is 0.0634. The molecule has 0 fully saturated rings.